The number of carbonyl (C=O) groups excluding carboxylic acids is 1. The standard InChI is InChI=1S/C11H19N3O/c1-9-7-14(6-5-13(9)4)10(15)11(2,3)8-12/h9H,5-7H2,1-4H3. The van der Waals surface area contributed by atoms with Crippen molar-refractivity contribution in [2.24, 2.45) is 5.41 Å². The van der Waals surface area contributed by atoms with Gasteiger partial charge in [0, 0.05) is 25.7 Å². The van der Waals surface area contributed by atoms with Crippen LogP contribution in [0.1, 0.15) is 20.8 Å². The van der Waals surface area contributed by atoms with Gasteiger partial charge in [0.15, 0.2) is 0 Å². The fourth-order valence-corrected chi connectivity index (χ4v) is 1.68. The van der Waals surface area contributed by atoms with Gasteiger partial charge in [-0.3, -0.25) is 4.79 Å². The van der Waals surface area contributed by atoms with E-state index in [0.29, 0.717) is 6.04 Å². The first-order valence-corrected chi connectivity index (χ1v) is 5.29. The van der Waals surface area contributed by atoms with Crippen molar-refractivity contribution >= 4 is 5.91 Å². The first kappa shape index (κ1) is 12.0. The van der Waals surface area contributed by atoms with Gasteiger partial charge in [-0.25, -0.2) is 0 Å². The molecule has 1 aliphatic rings. The van der Waals surface area contributed by atoms with Gasteiger partial charge < -0.3 is 9.80 Å². The summed E-state index contributed by atoms with van der Waals surface area (Å²) in [5.41, 5.74) is -0.893. The molecule has 0 aromatic carbocycles. The van der Waals surface area contributed by atoms with E-state index in [0.717, 1.165) is 19.6 Å². The molecular formula is C11H19N3O. The van der Waals surface area contributed by atoms with Crippen LogP contribution in [0.2, 0.25) is 0 Å². The minimum atomic E-state index is -0.893. The highest BCUT2D eigenvalue weighted by molar-refractivity contribution is 5.84. The van der Waals surface area contributed by atoms with Crippen LogP contribution < -0.4 is 0 Å². The average Bonchev–Trinajstić information content (AvgIpc) is 2.21. The molecule has 1 heterocycles. The summed E-state index contributed by atoms with van der Waals surface area (Å²) >= 11 is 0. The fourth-order valence-electron chi connectivity index (χ4n) is 1.68. The molecule has 84 valence electrons. The average molecular weight is 209 g/mol. The lowest BCUT2D eigenvalue weighted by Gasteiger charge is -2.39. The van der Waals surface area contributed by atoms with Gasteiger partial charge in [-0.1, -0.05) is 0 Å². The van der Waals surface area contributed by atoms with Crippen LogP contribution in [0.25, 0.3) is 0 Å². The summed E-state index contributed by atoms with van der Waals surface area (Å²) in [7, 11) is 2.06. The summed E-state index contributed by atoms with van der Waals surface area (Å²) in [6, 6.07) is 2.43. The number of nitrogens with zero attached hydrogens (tertiary/aromatic N) is 3. The Hall–Kier alpha value is -1.08. The van der Waals surface area contributed by atoms with E-state index in [1.807, 2.05) is 0 Å². The molecule has 0 saturated carbocycles. The zero-order chi connectivity index (χ0) is 11.6. The maximum atomic E-state index is 12.0. The minimum Gasteiger partial charge on any atom is -0.338 e. The van der Waals surface area contributed by atoms with Crippen LogP contribution >= 0.6 is 0 Å². The summed E-state index contributed by atoms with van der Waals surface area (Å²) in [5.74, 6) is -0.0510. The molecule has 1 amide bonds. The Kier molecular flexibility index (Phi) is 3.35. The van der Waals surface area contributed by atoms with Crippen molar-refractivity contribution in [2.45, 2.75) is 26.8 Å². The molecule has 1 fully saturated rings. The number of likely N-dealkylation sites (N-methyl/N-ethyl adjacent to an activating group) is 1. The maximum absolute atomic E-state index is 12.0. The fraction of sp³-hybridized carbons (Fsp3) is 0.818. The molecule has 0 N–H and O–H groups in total. The van der Waals surface area contributed by atoms with Gasteiger partial charge in [0.05, 0.1) is 6.07 Å². The van der Waals surface area contributed by atoms with E-state index in [1.165, 1.54) is 0 Å². The third-order valence-electron chi connectivity index (χ3n) is 3.06. The second kappa shape index (κ2) is 4.19. The first-order valence-electron chi connectivity index (χ1n) is 5.29. The van der Waals surface area contributed by atoms with Crippen molar-refractivity contribution < 1.29 is 4.79 Å². The Labute approximate surface area is 91.5 Å². The molecule has 0 bridgehead atoms. The Morgan fingerprint density at radius 2 is 2.07 bits per heavy atom. The summed E-state index contributed by atoms with van der Waals surface area (Å²) in [4.78, 5) is 16.0. The van der Waals surface area contributed by atoms with Crippen LogP contribution in [0.15, 0.2) is 0 Å². The van der Waals surface area contributed by atoms with Gasteiger partial charge >= 0.3 is 0 Å². The molecule has 0 aromatic heterocycles. The lowest BCUT2D eigenvalue weighted by Crippen LogP contribution is -2.54. The Morgan fingerprint density at radius 3 is 2.53 bits per heavy atom. The number of nitriles is 1. The lowest BCUT2D eigenvalue weighted by molar-refractivity contribution is -0.140. The third-order valence-corrected chi connectivity index (χ3v) is 3.06. The second-order valence-electron chi connectivity index (χ2n) is 4.82. The molecule has 4 heteroatoms. The monoisotopic (exact) mass is 209 g/mol. The topological polar surface area (TPSA) is 47.3 Å². The van der Waals surface area contributed by atoms with Crippen molar-refractivity contribution in [1.82, 2.24) is 9.80 Å². The summed E-state index contributed by atoms with van der Waals surface area (Å²) in [6.07, 6.45) is 0. The van der Waals surface area contributed by atoms with Gasteiger partial charge in [-0.2, -0.15) is 5.26 Å². The van der Waals surface area contributed by atoms with Crippen molar-refractivity contribution in [3.63, 3.8) is 0 Å². The van der Waals surface area contributed by atoms with Crippen LogP contribution in [-0.2, 0) is 4.79 Å². The van der Waals surface area contributed by atoms with Crippen LogP contribution in [0.4, 0.5) is 0 Å². The Morgan fingerprint density at radius 1 is 1.47 bits per heavy atom. The SMILES string of the molecule is CC1CN(C(=O)C(C)(C)C#N)CCN1C. The molecule has 1 aliphatic heterocycles. The van der Waals surface area contributed by atoms with Gasteiger partial charge in [0.2, 0.25) is 5.91 Å². The van der Waals surface area contributed by atoms with Crippen molar-refractivity contribution in [1.29, 1.82) is 5.26 Å². The molecule has 1 rings (SSSR count). The smallest absolute Gasteiger partial charge is 0.242 e. The van der Waals surface area contributed by atoms with Crippen molar-refractivity contribution in [3.05, 3.63) is 0 Å². The van der Waals surface area contributed by atoms with E-state index in [4.69, 9.17) is 5.26 Å². The van der Waals surface area contributed by atoms with E-state index in [1.54, 1.807) is 18.7 Å². The molecule has 1 atom stereocenters. The van der Waals surface area contributed by atoms with Crippen molar-refractivity contribution in [2.75, 3.05) is 26.7 Å². The normalized spacial score (nSPS) is 23.7. The number of hydrogen-bond donors (Lipinski definition) is 0. The summed E-state index contributed by atoms with van der Waals surface area (Å²) < 4.78 is 0. The predicted octanol–water partition coefficient (Wildman–Crippen LogP) is 0.699. The highest BCUT2D eigenvalue weighted by atomic mass is 16.2. The largest absolute Gasteiger partial charge is 0.338 e. The number of rotatable bonds is 1. The quantitative estimate of drug-likeness (QED) is 0.638. The minimum absolute atomic E-state index is 0.0510. The first-order chi connectivity index (χ1) is 6.88. The molecule has 0 spiro atoms. The van der Waals surface area contributed by atoms with E-state index >= 15 is 0 Å². The summed E-state index contributed by atoms with van der Waals surface area (Å²) in [5, 5.41) is 8.91. The van der Waals surface area contributed by atoms with Gasteiger partial charge in [0.25, 0.3) is 0 Å². The molecule has 1 saturated heterocycles. The zero-order valence-electron chi connectivity index (χ0n) is 9.95. The maximum Gasteiger partial charge on any atom is 0.242 e. The molecular weight excluding hydrogens is 190 g/mol. The Bertz CT molecular complexity index is 293. The van der Waals surface area contributed by atoms with E-state index in [2.05, 4.69) is 24.9 Å². The molecule has 15 heavy (non-hydrogen) atoms. The highest BCUT2D eigenvalue weighted by Gasteiger charge is 2.34. The van der Waals surface area contributed by atoms with E-state index in [-0.39, 0.29) is 5.91 Å². The molecule has 0 aliphatic carbocycles. The van der Waals surface area contributed by atoms with E-state index in [9.17, 15) is 4.79 Å². The molecule has 0 aromatic rings. The van der Waals surface area contributed by atoms with Gasteiger partial charge in [0.1, 0.15) is 5.41 Å². The molecule has 1 unspecified atom stereocenters. The lowest BCUT2D eigenvalue weighted by atomic mass is 9.93. The van der Waals surface area contributed by atoms with Crippen LogP contribution in [-0.4, -0.2) is 48.4 Å². The third kappa shape index (κ3) is 2.48. The predicted molar refractivity (Wildman–Crippen MR) is 58.1 cm³/mol. The number of piperazine rings is 1. The van der Waals surface area contributed by atoms with Gasteiger partial charge in [-0.15, -0.1) is 0 Å². The van der Waals surface area contributed by atoms with Crippen LogP contribution in [0.3, 0.4) is 0 Å². The molecule has 4 nitrogen and oxygen atoms in total. The van der Waals surface area contributed by atoms with Gasteiger partial charge in [-0.05, 0) is 27.8 Å². The second-order valence-corrected chi connectivity index (χ2v) is 4.82. The highest BCUT2D eigenvalue weighted by Crippen LogP contribution is 2.19. The van der Waals surface area contributed by atoms with Crippen LogP contribution in [0, 0.1) is 16.7 Å². The Balaban J connectivity index is 2.68. The molecule has 0 radical (unpaired) electrons. The number of amides is 1. The summed E-state index contributed by atoms with van der Waals surface area (Å²) in [6.45, 7) is 7.79. The number of carbonyl (C=O) groups is 1. The van der Waals surface area contributed by atoms with Crippen LogP contribution in [0.5, 0.6) is 0 Å². The van der Waals surface area contributed by atoms with Crippen molar-refractivity contribution in [3.8, 4) is 6.07 Å². The zero-order valence-corrected chi connectivity index (χ0v) is 9.95. The number of hydrogen-bond acceptors (Lipinski definition) is 3. The van der Waals surface area contributed by atoms with E-state index < -0.39 is 5.41 Å².